The Kier molecular flexibility index (Phi) is 2.56. The fourth-order valence-corrected chi connectivity index (χ4v) is 2.38. The molecule has 3 rings (SSSR count). The number of fused-ring (bicyclic) bond motifs is 1. The Hall–Kier alpha value is -2.29. The minimum atomic E-state index is 0.744. The quantitative estimate of drug-likeness (QED) is 0.719. The highest BCUT2D eigenvalue weighted by Crippen LogP contribution is 2.26. The van der Waals surface area contributed by atoms with Gasteiger partial charge < -0.3 is 10.1 Å². The molecule has 0 aliphatic carbocycles. The van der Waals surface area contributed by atoms with E-state index in [9.17, 15) is 0 Å². The average Bonchev–Trinajstić information content (AvgIpc) is 2.76. The molecule has 0 amide bonds. The molecule has 3 heteroatoms. The third kappa shape index (κ3) is 1.97. The average molecular weight is 251 g/mol. The standard InChI is InChI=1S/C16H17N3/c1-10-6-12(3)14(7-11(10)2)15-9-19-8-13(17)4-5-16(19)18-15/h4-9H,17H2,1-3H3. The Morgan fingerprint density at radius 1 is 0.947 bits per heavy atom. The predicted molar refractivity (Wildman–Crippen MR) is 79.3 cm³/mol. The van der Waals surface area contributed by atoms with Crippen LogP contribution in [0.1, 0.15) is 16.7 Å². The zero-order chi connectivity index (χ0) is 13.6. The van der Waals surface area contributed by atoms with Gasteiger partial charge in [-0.3, -0.25) is 0 Å². The van der Waals surface area contributed by atoms with Crippen LogP contribution in [0.4, 0.5) is 5.69 Å². The van der Waals surface area contributed by atoms with Crippen molar-refractivity contribution >= 4 is 11.3 Å². The van der Waals surface area contributed by atoms with Gasteiger partial charge in [-0.1, -0.05) is 6.07 Å². The molecular formula is C16H17N3. The summed E-state index contributed by atoms with van der Waals surface area (Å²) in [6, 6.07) is 8.23. The molecular weight excluding hydrogens is 234 g/mol. The molecule has 0 saturated carbocycles. The molecule has 2 heterocycles. The van der Waals surface area contributed by atoms with Crippen LogP contribution in [-0.2, 0) is 0 Å². The van der Waals surface area contributed by atoms with Crippen molar-refractivity contribution < 1.29 is 0 Å². The third-order valence-corrected chi connectivity index (χ3v) is 3.59. The zero-order valence-corrected chi connectivity index (χ0v) is 11.4. The second kappa shape index (κ2) is 4.12. The highest BCUT2D eigenvalue weighted by molar-refractivity contribution is 5.68. The van der Waals surface area contributed by atoms with Crippen molar-refractivity contribution in [2.75, 3.05) is 5.73 Å². The SMILES string of the molecule is Cc1cc(C)c(-c2cn3cc(N)ccc3n2)cc1C. The molecule has 1 aromatic carbocycles. The maximum Gasteiger partial charge on any atom is 0.137 e. The Morgan fingerprint density at radius 2 is 1.68 bits per heavy atom. The number of rotatable bonds is 1. The van der Waals surface area contributed by atoms with Gasteiger partial charge in [0.2, 0.25) is 0 Å². The van der Waals surface area contributed by atoms with E-state index in [0.29, 0.717) is 0 Å². The molecule has 3 nitrogen and oxygen atoms in total. The Labute approximate surface area is 112 Å². The van der Waals surface area contributed by atoms with Crippen LogP contribution in [0.2, 0.25) is 0 Å². The van der Waals surface area contributed by atoms with E-state index < -0.39 is 0 Å². The van der Waals surface area contributed by atoms with Gasteiger partial charge in [0.1, 0.15) is 5.65 Å². The molecule has 19 heavy (non-hydrogen) atoms. The molecule has 2 N–H and O–H groups in total. The number of nitrogens with zero attached hydrogens (tertiary/aromatic N) is 2. The molecule has 0 saturated heterocycles. The molecule has 2 aromatic heterocycles. The van der Waals surface area contributed by atoms with Gasteiger partial charge in [0.15, 0.2) is 0 Å². The van der Waals surface area contributed by atoms with Gasteiger partial charge in [0.25, 0.3) is 0 Å². The first-order chi connectivity index (χ1) is 9.04. The first kappa shape index (κ1) is 11.8. The number of hydrogen-bond acceptors (Lipinski definition) is 2. The normalized spacial score (nSPS) is 11.1. The van der Waals surface area contributed by atoms with Gasteiger partial charge in [-0.15, -0.1) is 0 Å². The molecule has 0 aliphatic rings. The second-order valence-corrected chi connectivity index (χ2v) is 5.11. The van der Waals surface area contributed by atoms with Gasteiger partial charge in [-0.25, -0.2) is 4.98 Å². The zero-order valence-electron chi connectivity index (χ0n) is 11.4. The maximum absolute atomic E-state index is 5.80. The number of pyridine rings is 1. The van der Waals surface area contributed by atoms with E-state index in [1.807, 2.05) is 28.9 Å². The highest BCUT2D eigenvalue weighted by atomic mass is 15.0. The summed E-state index contributed by atoms with van der Waals surface area (Å²) in [6.45, 7) is 6.39. The molecule has 0 spiro atoms. The third-order valence-electron chi connectivity index (χ3n) is 3.59. The lowest BCUT2D eigenvalue weighted by molar-refractivity contribution is 1.19. The summed E-state index contributed by atoms with van der Waals surface area (Å²) in [6.07, 6.45) is 3.92. The number of nitrogens with two attached hydrogens (primary N) is 1. The van der Waals surface area contributed by atoms with Crippen molar-refractivity contribution in [3.63, 3.8) is 0 Å². The topological polar surface area (TPSA) is 43.3 Å². The summed E-state index contributed by atoms with van der Waals surface area (Å²) in [5.74, 6) is 0. The summed E-state index contributed by atoms with van der Waals surface area (Å²) in [4.78, 5) is 4.66. The fourth-order valence-electron chi connectivity index (χ4n) is 2.38. The Bertz CT molecular complexity index is 769. The van der Waals surface area contributed by atoms with Crippen molar-refractivity contribution in [2.45, 2.75) is 20.8 Å². The Balaban J connectivity index is 2.21. The van der Waals surface area contributed by atoms with Crippen molar-refractivity contribution in [3.8, 4) is 11.3 Å². The molecule has 0 bridgehead atoms. The largest absolute Gasteiger partial charge is 0.398 e. The van der Waals surface area contributed by atoms with Crippen LogP contribution < -0.4 is 5.73 Å². The van der Waals surface area contributed by atoms with E-state index in [4.69, 9.17) is 5.73 Å². The smallest absolute Gasteiger partial charge is 0.137 e. The minimum absolute atomic E-state index is 0.744. The molecule has 3 aromatic rings. The molecule has 0 fully saturated rings. The van der Waals surface area contributed by atoms with Gasteiger partial charge in [-0.05, 0) is 55.7 Å². The van der Waals surface area contributed by atoms with E-state index in [1.54, 1.807) is 0 Å². The molecule has 0 unspecified atom stereocenters. The summed E-state index contributed by atoms with van der Waals surface area (Å²) >= 11 is 0. The van der Waals surface area contributed by atoms with Crippen molar-refractivity contribution in [2.24, 2.45) is 0 Å². The predicted octanol–water partition coefficient (Wildman–Crippen LogP) is 3.51. The number of anilines is 1. The van der Waals surface area contributed by atoms with Gasteiger partial charge >= 0.3 is 0 Å². The van der Waals surface area contributed by atoms with Gasteiger partial charge in [-0.2, -0.15) is 0 Å². The fraction of sp³-hybridized carbons (Fsp3) is 0.188. The number of benzene rings is 1. The number of hydrogen-bond donors (Lipinski definition) is 1. The second-order valence-electron chi connectivity index (χ2n) is 5.11. The summed E-state index contributed by atoms with van der Waals surface area (Å²) in [5.41, 5.74) is 13.5. The van der Waals surface area contributed by atoms with E-state index in [1.165, 1.54) is 22.3 Å². The van der Waals surface area contributed by atoms with Crippen LogP contribution >= 0.6 is 0 Å². The van der Waals surface area contributed by atoms with Crippen LogP contribution in [-0.4, -0.2) is 9.38 Å². The lowest BCUT2D eigenvalue weighted by atomic mass is 9.99. The number of aryl methyl sites for hydroxylation is 3. The van der Waals surface area contributed by atoms with Crippen molar-refractivity contribution in [1.29, 1.82) is 0 Å². The van der Waals surface area contributed by atoms with Crippen LogP contribution in [0.15, 0.2) is 36.7 Å². The molecule has 0 radical (unpaired) electrons. The van der Waals surface area contributed by atoms with E-state index in [0.717, 1.165) is 17.0 Å². The van der Waals surface area contributed by atoms with E-state index in [2.05, 4.69) is 37.9 Å². The van der Waals surface area contributed by atoms with Gasteiger partial charge in [0, 0.05) is 23.6 Å². The van der Waals surface area contributed by atoms with Crippen LogP contribution in [0, 0.1) is 20.8 Å². The summed E-state index contributed by atoms with van der Waals surface area (Å²) < 4.78 is 1.97. The van der Waals surface area contributed by atoms with Crippen LogP contribution in [0.5, 0.6) is 0 Å². The van der Waals surface area contributed by atoms with Crippen LogP contribution in [0.3, 0.4) is 0 Å². The first-order valence-corrected chi connectivity index (χ1v) is 6.37. The Morgan fingerprint density at radius 3 is 2.47 bits per heavy atom. The van der Waals surface area contributed by atoms with Gasteiger partial charge in [0.05, 0.1) is 5.69 Å². The lowest BCUT2D eigenvalue weighted by Crippen LogP contribution is -1.88. The monoisotopic (exact) mass is 251 g/mol. The minimum Gasteiger partial charge on any atom is -0.398 e. The molecule has 0 atom stereocenters. The molecule has 96 valence electrons. The highest BCUT2D eigenvalue weighted by Gasteiger charge is 2.08. The number of nitrogen functional groups attached to an aromatic ring is 1. The van der Waals surface area contributed by atoms with E-state index in [-0.39, 0.29) is 0 Å². The van der Waals surface area contributed by atoms with E-state index >= 15 is 0 Å². The lowest BCUT2D eigenvalue weighted by Gasteiger charge is -2.07. The summed E-state index contributed by atoms with van der Waals surface area (Å²) in [7, 11) is 0. The first-order valence-electron chi connectivity index (χ1n) is 6.37. The van der Waals surface area contributed by atoms with Crippen molar-refractivity contribution in [3.05, 3.63) is 53.3 Å². The molecule has 0 aliphatic heterocycles. The van der Waals surface area contributed by atoms with Crippen molar-refractivity contribution in [1.82, 2.24) is 9.38 Å². The number of aromatic nitrogens is 2. The van der Waals surface area contributed by atoms with Crippen LogP contribution in [0.25, 0.3) is 16.9 Å². The number of imidazole rings is 1. The maximum atomic E-state index is 5.80. The summed E-state index contributed by atoms with van der Waals surface area (Å²) in [5, 5.41) is 0.